The zero-order valence-electron chi connectivity index (χ0n) is 25.0. The van der Waals surface area contributed by atoms with Crippen LogP contribution >= 0.6 is 0 Å². The van der Waals surface area contributed by atoms with Crippen molar-refractivity contribution < 1.29 is 46.5 Å². The van der Waals surface area contributed by atoms with Crippen LogP contribution in [-0.2, 0) is 9.47 Å². The van der Waals surface area contributed by atoms with Crippen LogP contribution in [0.3, 0.4) is 0 Å². The predicted molar refractivity (Wildman–Crippen MR) is 149 cm³/mol. The van der Waals surface area contributed by atoms with E-state index in [2.05, 4.69) is 15.0 Å². The number of nitrogens with zero attached hydrogens (tertiary/aromatic N) is 3. The Labute approximate surface area is 248 Å². The first-order valence-corrected chi connectivity index (χ1v) is 14.2. The minimum Gasteiger partial charge on any atom is -0.489 e. The van der Waals surface area contributed by atoms with Gasteiger partial charge in [-0.2, -0.15) is 8.78 Å². The zero-order valence-corrected chi connectivity index (χ0v) is 25.0. The second-order valence-corrected chi connectivity index (χ2v) is 11.5. The van der Waals surface area contributed by atoms with Crippen molar-refractivity contribution in [3.63, 3.8) is 0 Å². The van der Waals surface area contributed by atoms with Crippen molar-refractivity contribution in [1.29, 1.82) is 0 Å². The molecule has 1 atom stereocenters. The van der Waals surface area contributed by atoms with Crippen LogP contribution in [-0.4, -0.2) is 85.0 Å². The third-order valence-corrected chi connectivity index (χ3v) is 6.78. The number of methoxy groups -OCH3 is 1. The van der Waals surface area contributed by atoms with E-state index in [0.29, 0.717) is 37.6 Å². The Kier molecular flexibility index (Phi) is 9.97. The van der Waals surface area contributed by atoms with Crippen LogP contribution in [0.1, 0.15) is 69.2 Å². The van der Waals surface area contributed by atoms with Crippen molar-refractivity contribution in [2.45, 2.75) is 65.2 Å². The largest absolute Gasteiger partial charge is 0.489 e. The average molecular weight is 609 g/mol. The minimum absolute atomic E-state index is 0.0158. The first-order valence-electron chi connectivity index (χ1n) is 14.2. The Hall–Kier alpha value is -4.10. The highest BCUT2D eigenvalue weighted by Gasteiger charge is 2.32. The molecule has 1 saturated carbocycles. The Bertz CT molecular complexity index is 1310. The number of halogens is 2. The molecule has 0 radical (unpaired) electrons. The van der Waals surface area contributed by atoms with Gasteiger partial charge in [0.15, 0.2) is 23.0 Å². The molecule has 1 aliphatic heterocycles. The van der Waals surface area contributed by atoms with Gasteiger partial charge in [-0.15, -0.1) is 0 Å². The molecule has 236 valence electrons. The van der Waals surface area contributed by atoms with E-state index in [0.717, 1.165) is 12.8 Å². The Morgan fingerprint density at radius 2 is 1.79 bits per heavy atom. The summed E-state index contributed by atoms with van der Waals surface area (Å²) in [5.41, 5.74) is -0.450. The molecule has 12 nitrogen and oxygen atoms in total. The maximum absolute atomic E-state index is 13.8. The molecule has 3 amide bonds. The number of carbonyl (C=O) groups is 3. The van der Waals surface area contributed by atoms with Crippen molar-refractivity contribution in [3.05, 3.63) is 29.7 Å². The summed E-state index contributed by atoms with van der Waals surface area (Å²) in [6.45, 7) is 5.34. The van der Waals surface area contributed by atoms with Crippen LogP contribution in [0, 0.1) is 5.92 Å². The quantitative estimate of drug-likeness (QED) is 0.406. The van der Waals surface area contributed by atoms with Gasteiger partial charge in [-0.1, -0.05) is 0 Å². The van der Waals surface area contributed by atoms with Crippen molar-refractivity contribution in [3.8, 4) is 23.0 Å². The number of aromatic nitrogens is 1. The van der Waals surface area contributed by atoms with E-state index in [-0.39, 0.29) is 41.9 Å². The van der Waals surface area contributed by atoms with Crippen molar-refractivity contribution in [2.24, 2.45) is 5.92 Å². The Morgan fingerprint density at radius 1 is 1.09 bits per heavy atom. The van der Waals surface area contributed by atoms with E-state index < -0.39 is 36.3 Å². The molecule has 2 aliphatic rings. The summed E-state index contributed by atoms with van der Waals surface area (Å²) < 4.78 is 52.8. The second kappa shape index (κ2) is 13.5. The first kappa shape index (κ1) is 31.8. The summed E-state index contributed by atoms with van der Waals surface area (Å²) in [5, 5.41) is 2.68. The predicted octanol–water partition coefficient (Wildman–Crippen LogP) is 5.23. The van der Waals surface area contributed by atoms with Crippen molar-refractivity contribution >= 4 is 18.1 Å². The average Bonchev–Trinajstić information content (AvgIpc) is 3.70. The molecule has 1 aliphatic carbocycles. The van der Waals surface area contributed by atoms with Gasteiger partial charge in [0.05, 0.1) is 19.8 Å². The number of nitrogens with one attached hydrogen (secondary N) is 1. The van der Waals surface area contributed by atoms with E-state index >= 15 is 0 Å². The van der Waals surface area contributed by atoms with Gasteiger partial charge in [-0.05, 0) is 71.1 Å². The van der Waals surface area contributed by atoms with Crippen LogP contribution in [0.5, 0.6) is 11.5 Å². The van der Waals surface area contributed by atoms with Gasteiger partial charge in [0.1, 0.15) is 5.60 Å². The number of oxazole rings is 1. The van der Waals surface area contributed by atoms with Gasteiger partial charge in [-0.3, -0.25) is 4.79 Å². The lowest BCUT2D eigenvalue weighted by Gasteiger charge is -2.22. The first-order chi connectivity index (χ1) is 20.3. The van der Waals surface area contributed by atoms with E-state index in [1.54, 1.807) is 32.6 Å². The van der Waals surface area contributed by atoms with Crippen LogP contribution in [0.15, 0.2) is 22.6 Å². The molecule has 1 N–H and O–H groups in total. The lowest BCUT2D eigenvalue weighted by atomic mass is 10.2. The summed E-state index contributed by atoms with van der Waals surface area (Å²) >= 11 is 0. The molecule has 1 aromatic carbocycles. The maximum Gasteiger partial charge on any atom is 0.409 e. The molecule has 0 bridgehead atoms. The van der Waals surface area contributed by atoms with Gasteiger partial charge < -0.3 is 38.5 Å². The molecule has 0 spiro atoms. The topological polar surface area (TPSA) is 133 Å². The molecule has 4 rings (SSSR count). The maximum atomic E-state index is 13.8. The third kappa shape index (κ3) is 8.71. The Balaban J connectivity index is 1.66. The van der Waals surface area contributed by atoms with E-state index in [1.165, 1.54) is 30.2 Å². The summed E-state index contributed by atoms with van der Waals surface area (Å²) in [4.78, 5) is 45.9. The van der Waals surface area contributed by atoms with Gasteiger partial charge in [-0.25, -0.2) is 14.6 Å². The Morgan fingerprint density at radius 3 is 2.44 bits per heavy atom. The lowest BCUT2D eigenvalue weighted by Crippen LogP contribution is -2.38. The van der Waals surface area contributed by atoms with E-state index in [1.807, 2.05) is 0 Å². The number of hydrogen-bond acceptors (Lipinski definition) is 9. The highest BCUT2D eigenvalue weighted by atomic mass is 19.3. The summed E-state index contributed by atoms with van der Waals surface area (Å²) in [6, 6.07) is 3.43. The number of carbonyl (C=O) groups excluding carboxylic acids is 3. The van der Waals surface area contributed by atoms with Crippen molar-refractivity contribution in [2.75, 3.05) is 39.9 Å². The van der Waals surface area contributed by atoms with Crippen molar-refractivity contribution in [1.82, 2.24) is 20.1 Å². The van der Waals surface area contributed by atoms with E-state index in [4.69, 9.17) is 18.6 Å². The van der Waals surface area contributed by atoms with Crippen LogP contribution in [0.4, 0.5) is 18.4 Å². The highest BCUT2D eigenvalue weighted by molar-refractivity contribution is 5.94. The zero-order chi connectivity index (χ0) is 31.3. The normalized spacial score (nSPS) is 16.4. The van der Waals surface area contributed by atoms with Gasteiger partial charge >= 0.3 is 18.8 Å². The number of rotatable bonds is 9. The molecule has 14 heteroatoms. The number of alkyl carbamates (subject to hydrolysis) is 1. The number of hydrogen-bond donors (Lipinski definition) is 1. The highest BCUT2D eigenvalue weighted by Crippen LogP contribution is 2.37. The molecule has 2 heterocycles. The van der Waals surface area contributed by atoms with Gasteiger partial charge in [0.2, 0.25) is 5.89 Å². The van der Waals surface area contributed by atoms with Crippen LogP contribution in [0.2, 0.25) is 0 Å². The molecule has 2 aromatic rings. The van der Waals surface area contributed by atoms with Gasteiger partial charge in [0, 0.05) is 31.7 Å². The molecule has 2 fully saturated rings. The molecule has 0 unspecified atom stereocenters. The number of alkyl halides is 2. The summed E-state index contributed by atoms with van der Waals surface area (Å²) in [6.07, 6.45) is 1.31. The molecular formula is C29H38F2N4O8. The number of amides is 3. The van der Waals surface area contributed by atoms with Crippen LogP contribution < -0.4 is 14.8 Å². The smallest absolute Gasteiger partial charge is 0.409 e. The lowest BCUT2D eigenvalue weighted by molar-refractivity contribution is -0.0515. The fourth-order valence-corrected chi connectivity index (χ4v) is 4.47. The third-order valence-electron chi connectivity index (χ3n) is 6.78. The molecular weight excluding hydrogens is 570 g/mol. The van der Waals surface area contributed by atoms with Gasteiger partial charge in [0.25, 0.3) is 5.91 Å². The fraction of sp³-hybridized carbons (Fsp3) is 0.586. The molecule has 43 heavy (non-hydrogen) atoms. The summed E-state index contributed by atoms with van der Waals surface area (Å²) in [7, 11) is 1.30. The summed E-state index contributed by atoms with van der Waals surface area (Å²) in [5.74, 6) is -0.0632. The monoisotopic (exact) mass is 608 g/mol. The number of benzene rings is 1. The SMILES string of the molecule is COC(=O)N1CCCN(C(=O)c2nc(-c3ccc(OC(F)F)c(OCC4CC4)c3)oc2[C@H](C)NC(=O)OC(C)(C)C)CC1. The molecule has 1 saturated heterocycles. The fourth-order valence-electron chi connectivity index (χ4n) is 4.47. The van der Waals surface area contributed by atoms with Crippen LogP contribution in [0.25, 0.3) is 11.5 Å². The van der Waals surface area contributed by atoms with E-state index in [9.17, 15) is 23.2 Å². The minimum atomic E-state index is -3.05. The molecule has 1 aromatic heterocycles. The standard InChI is InChI=1S/C29H38F2N4O8/c1-17(32-27(37)43-29(2,3)4)23-22(25(36)34-11-6-12-35(14-13-34)28(38)39-5)33-24(42-23)19-9-10-20(41-26(30)31)21(15-19)40-16-18-7-8-18/h9-10,15,17-18,26H,6-8,11-14,16H2,1-5H3,(H,32,37)/t17-/m0/s1. The second-order valence-electron chi connectivity index (χ2n) is 11.5. The number of ether oxygens (including phenoxy) is 4.